The van der Waals surface area contributed by atoms with Crippen molar-refractivity contribution in [2.24, 2.45) is 5.92 Å². The smallest absolute Gasteiger partial charge is 0.107 e. The van der Waals surface area contributed by atoms with Gasteiger partial charge in [0, 0.05) is 12.5 Å². The van der Waals surface area contributed by atoms with Gasteiger partial charge in [0.25, 0.3) is 0 Å². The van der Waals surface area contributed by atoms with Crippen LogP contribution in [0.3, 0.4) is 0 Å². The quantitative estimate of drug-likeness (QED) is 0.424. The van der Waals surface area contributed by atoms with E-state index in [0.29, 0.717) is 12.5 Å². The molecule has 1 rings (SSSR count). The molecule has 0 radical (unpaired) electrons. The first-order valence-corrected chi connectivity index (χ1v) is 3.52. The van der Waals surface area contributed by atoms with Crippen molar-refractivity contribution in [3.8, 4) is 12.3 Å². The Morgan fingerprint density at radius 3 is 3.20 bits per heavy atom. The van der Waals surface area contributed by atoms with Gasteiger partial charge in [0.15, 0.2) is 0 Å². The van der Waals surface area contributed by atoms with Crippen molar-refractivity contribution in [3.05, 3.63) is 0 Å². The van der Waals surface area contributed by atoms with Crippen LogP contribution >= 0.6 is 0 Å². The van der Waals surface area contributed by atoms with Crippen molar-refractivity contribution < 1.29 is 9.47 Å². The standard InChI is InChI=1S/C8H12O2/c1-2-4-9-6-8-3-5-10-7-8/h1,8H,3-7H2/t8-/m1/s1. The second-order valence-corrected chi connectivity index (χ2v) is 2.45. The molecular weight excluding hydrogens is 128 g/mol. The Kier molecular flexibility index (Phi) is 3.28. The summed E-state index contributed by atoms with van der Waals surface area (Å²) in [7, 11) is 0. The van der Waals surface area contributed by atoms with Crippen LogP contribution in [0, 0.1) is 18.3 Å². The second kappa shape index (κ2) is 4.32. The van der Waals surface area contributed by atoms with E-state index >= 15 is 0 Å². The first kappa shape index (κ1) is 7.59. The maximum Gasteiger partial charge on any atom is 0.107 e. The number of ether oxygens (including phenoxy) is 2. The molecule has 0 bridgehead atoms. The molecule has 0 spiro atoms. The Hall–Kier alpha value is -0.520. The lowest BCUT2D eigenvalue weighted by atomic mass is 10.1. The summed E-state index contributed by atoms with van der Waals surface area (Å²) in [4.78, 5) is 0. The van der Waals surface area contributed by atoms with Crippen molar-refractivity contribution in [3.63, 3.8) is 0 Å². The van der Waals surface area contributed by atoms with Crippen LogP contribution < -0.4 is 0 Å². The molecule has 0 aromatic rings. The zero-order chi connectivity index (χ0) is 7.23. The van der Waals surface area contributed by atoms with E-state index in [4.69, 9.17) is 15.9 Å². The van der Waals surface area contributed by atoms with Crippen LogP contribution in [0.1, 0.15) is 6.42 Å². The molecule has 1 saturated heterocycles. The molecule has 0 aliphatic carbocycles. The van der Waals surface area contributed by atoms with Gasteiger partial charge in [-0.25, -0.2) is 0 Å². The Morgan fingerprint density at radius 1 is 1.70 bits per heavy atom. The molecule has 1 aliphatic heterocycles. The molecule has 0 amide bonds. The fourth-order valence-electron chi connectivity index (χ4n) is 0.999. The van der Waals surface area contributed by atoms with E-state index in [0.717, 1.165) is 26.2 Å². The summed E-state index contributed by atoms with van der Waals surface area (Å²) in [6, 6.07) is 0. The highest BCUT2D eigenvalue weighted by atomic mass is 16.5. The van der Waals surface area contributed by atoms with Crippen LogP contribution in [0.5, 0.6) is 0 Å². The summed E-state index contributed by atoms with van der Waals surface area (Å²) < 4.78 is 10.3. The molecule has 0 aromatic heterocycles. The predicted molar refractivity (Wildman–Crippen MR) is 38.6 cm³/mol. The molecule has 1 heterocycles. The van der Waals surface area contributed by atoms with Crippen LogP contribution in [0.15, 0.2) is 0 Å². The van der Waals surface area contributed by atoms with Gasteiger partial charge in [-0.15, -0.1) is 6.42 Å². The number of hydrogen-bond acceptors (Lipinski definition) is 2. The van der Waals surface area contributed by atoms with E-state index in [1.807, 2.05) is 0 Å². The van der Waals surface area contributed by atoms with E-state index in [1.54, 1.807) is 0 Å². The topological polar surface area (TPSA) is 18.5 Å². The third kappa shape index (κ3) is 2.38. The minimum absolute atomic E-state index is 0.427. The lowest BCUT2D eigenvalue weighted by Crippen LogP contribution is -2.09. The summed E-state index contributed by atoms with van der Waals surface area (Å²) in [6.45, 7) is 2.90. The normalized spacial score (nSPS) is 24.5. The summed E-state index contributed by atoms with van der Waals surface area (Å²) >= 11 is 0. The van der Waals surface area contributed by atoms with Crippen LogP contribution in [-0.4, -0.2) is 26.4 Å². The maximum absolute atomic E-state index is 5.16. The molecule has 0 aromatic carbocycles. The Balaban J connectivity index is 1.97. The van der Waals surface area contributed by atoms with E-state index in [-0.39, 0.29) is 0 Å². The summed E-state index contributed by atoms with van der Waals surface area (Å²) in [5.74, 6) is 3.01. The maximum atomic E-state index is 5.16. The zero-order valence-corrected chi connectivity index (χ0v) is 6.01. The number of terminal acetylenes is 1. The average Bonchev–Trinajstić information content (AvgIpc) is 2.41. The van der Waals surface area contributed by atoms with E-state index in [2.05, 4.69) is 5.92 Å². The van der Waals surface area contributed by atoms with Gasteiger partial charge in [-0.05, 0) is 6.42 Å². The molecule has 0 unspecified atom stereocenters. The fraction of sp³-hybridized carbons (Fsp3) is 0.750. The predicted octanol–water partition coefficient (Wildman–Crippen LogP) is 0.673. The van der Waals surface area contributed by atoms with Gasteiger partial charge in [0.2, 0.25) is 0 Å². The third-order valence-corrected chi connectivity index (χ3v) is 1.56. The molecule has 2 nitrogen and oxygen atoms in total. The molecule has 0 saturated carbocycles. The lowest BCUT2D eigenvalue weighted by molar-refractivity contribution is 0.111. The lowest BCUT2D eigenvalue weighted by Gasteiger charge is -2.04. The first-order valence-electron chi connectivity index (χ1n) is 3.52. The van der Waals surface area contributed by atoms with Gasteiger partial charge < -0.3 is 9.47 Å². The fourth-order valence-corrected chi connectivity index (χ4v) is 0.999. The van der Waals surface area contributed by atoms with Crippen LogP contribution in [0.2, 0.25) is 0 Å². The highest BCUT2D eigenvalue weighted by molar-refractivity contribution is 4.83. The molecule has 0 N–H and O–H groups in total. The van der Waals surface area contributed by atoms with Crippen LogP contribution in [0.25, 0.3) is 0 Å². The largest absolute Gasteiger partial charge is 0.381 e. The number of hydrogen-bond donors (Lipinski definition) is 0. The second-order valence-electron chi connectivity index (χ2n) is 2.45. The van der Waals surface area contributed by atoms with Crippen LogP contribution in [-0.2, 0) is 9.47 Å². The van der Waals surface area contributed by atoms with E-state index in [9.17, 15) is 0 Å². The van der Waals surface area contributed by atoms with Gasteiger partial charge in [-0.2, -0.15) is 0 Å². The highest BCUT2D eigenvalue weighted by Gasteiger charge is 2.14. The highest BCUT2D eigenvalue weighted by Crippen LogP contribution is 2.11. The van der Waals surface area contributed by atoms with Gasteiger partial charge in [0.05, 0.1) is 13.2 Å². The molecular formula is C8H12O2. The van der Waals surface area contributed by atoms with Crippen LogP contribution in [0.4, 0.5) is 0 Å². The Bertz CT molecular complexity index is 120. The Labute approximate surface area is 61.5 Å². The molecule has 10 heavy (non-hydrogen) atoms. The van der Waals surface area contributed by atoms with Gasteiger partial charge in [-0.1, -0.05) is 5.92 Å². The van der Waals surface area contributed by atoms with Gasteiger partial charge in [0.1, 0.15) is 6.61 Å². The van der Waals surface area contributed by atoms with Crippen molar-refractivity contribution in [2.75, 3.05) is 26.4 Å². The molecule has 1 fully saturated rings. The average molecular weight is 140 g/mol. The monoisotopic (exact) mass is 140 g/mol. The SMILES string of the molecule is C#CCOC[C@H]1CCOC1. The summed E-state index contributed by atoms with van der Waals surface area (Å²) in [5, 5.41) is 0. The molecule has 1 aliphatic rings. The Morgan fingerprint density at radius 2 is 2.60 bits per heavy atom. The van der Waals surface area contributed by atoms with Gasteiger partial charge in [-0.3, -0.25) is 0 Å². The zero-order valence-electron chi connectivity index (χ0n) is 6.01. The van der Waals surface area contributed by atoms with Crippen molar-refractivity contribution in [1.29, 1.82) is 0 Å². The first-order chi connectivity index (χ1) is 4.93. The van der Waals surface area contributed by atoms with E-state index in [1.165, 1.54) is 0 Å². The minimum atomic E-state index is 0.427. The number of rotatable bonds is 3. The van der Waals surface area contributed by atoms with Crippen molar-refractivity contribution >= 4 is 0 Å². The van der Waals surface area contributed by atoms with Crippen molar-refractivity contribution in [1.82, 2.24) is 0 Å². The third-order valence-electron chi connectivity index (χ3n) is 1.56. The molecule has 56 valence electrons. The molecule has 1 atom stereocenters. The summed E-state index contributed by atoms with van der Waals surface area (Å²) in [6.07, 6.45) is 6.12. The summed E-state index contributed by atoms with van der Waals surface area (Å²) in [5.41, 5.74) is 0. The van der Waals surface area contributed by atoms with Crippen molar-refractivity contribution in [2.45, 2.75) is 6.42 Å². The molecule has 2 heteroatoms. The minimum Gasteiger partial charge on any atom is -0.381 e. The van der Waals surface area contributed by atoms with Gasteiger partial charge >= 0.3 is 0 Å². The van der Waals surface area contributed by atoms with E-state index < -0.39 is 0 Å².